The Morgan fingerprint density at radius 3 is 2.36 bits per heavy atom. The molecule has 1 spiro atoms. The van der Waals surface area contributed by atoms with Gasteiger partial charge in [-0.15, -0.1) is 5.92 Å². The topological polar surface area (TPSA) is 335 Å². The quantitative estimate of drug-likeness (QED) is 0.0261. The Bertz CT molecular complexity index is 3190. The van der Waals surface area contributed by atoms with Crippen molar-refractivity contribution in [2.24, 2.45) is 116 Å². The molecule has 2 saturated heterocycles. The summed E-state index contributed by atoms with van der Waals surface area (Å²) in [7, 11) is 3.03. The number of guanidine groups is 1. The first-order valence-electron chi connectivity index (χ1n) is 34.2. The number of rotatable bonds is 8. The lowest BCUT2D eigenvalue weighted by Gasteiger charge is -2.70. The Morgan fingerprint density at radius 2 is 1.64 bits per heavy atom. The number of phenols is 1. The van der Waals surface area contributed by atoms with E-state index in [1.807, 2.05) is 12.3 Å². The van der Waals surface area contributed by atoms with Crippen LogP contribution in [-0.2, 0) is 19.1 Å². The Labute approximate surface area is 542 Å². The van der Waals surface area contributed by atoms with E-state index in [4.69, 9.17) is 21.2 Å². The largest absolute Gasteiger partial charge is 0.508 e. The van der Waals surface area contributed by atoms with Crippen LogP contribution >= 0.6 is 21.6 Å². The van der Waals surface area contributed by atoms with Crippen LogP contribution in [0.25, 0.3) is 0 Å². The number of aliphatic hydroxyl groups is 8. The number of Topliss-reactive ketones (excluding diaryl/α,β-unsaturated/α-hetero) is 2. The number of aromatic nitrogens is 1. The van der Waals surface area contributed by atoms with Crippen molar-refractivity contribution in [2.75, 3.05) is 31.3 Å². The van der Waals surface area contributed by atoms with Crippen LogP contribution in [-0.4, -0.2) is 148 Å². The third kappa shape index (κ3) is 11.1. The van der Waals surface area contributed by atoms with E-state index in [-0.39, 0.29) is 116 Å². The maximum atomic E-state index is 17.0. The van der Waals surface area contributed by atoms with Gasteiger partial charge in [-0.2, -0.15) is 0 Å². The normalized spacial score (nSPS) is 44.5. The third-order valence-electron chi connectivity index (χ3n) is 26.0. The molecule has 1 aromatic heterocycles. The number of hydrogen-bond acceptors (Lipinski definition) is 17. The molecule has 1 aromatic carbocycles. The Balaban J connectivity index is 1.03. The lowest BCUT2D eigenvalue weighted by molar-refractivity contribution is -0.241. The molecule has 15 N–H and O–H groups in total. The summed E-state index contributed by atoms with van der Waals surface area (Å²) in [4.78, 5) is 54.1. The van der Waals surface area contributed by atoms with Crippen LogP contribution in [0.3, 0.4) is 0 Å². The molecule has 0 amide bonds. The van der Waals surface area contributed by atoms with Crippen LogP contribution in [0.15, 0.2) is 70.6 Å². The number of fused-ring (bicyclic) bond motifs is 10. The van der Waals surface area contributed by atoms with Gasteiger partial charge in [0, 0.05) is 90.1 Å². The zero-order valence-corrected chi connectivity index (χ0v) is 54.3. The number of aromatic amines is 1. The van der Waals surface area contributed by atoms with E-state index in [0.29, 0.717) is 48.7 Å². The lowest BCUT2D eigenvalue weighted by atomic mass is 9.34. The van der Waals surface area contributed by atoms with Gasteiger partial charge in [0.25, 0.3) is 0 Å². The van der Waals surface area contributed by atoms with Gasteiger partial charge in [0.1, 0.15) is 11.8 Å². The monoisotopic (exact) mass is 1290 g/mol. The molecule has 4 bridgehead atoms. The Kier molecular flexibility index (Phi) is 18.4. The van der Waals surface area contributed by atoms with Gasteiger partial charge >= 0.3 is 5.97 Å². The summed E-state index contributed by atoms with van der Waals surface area (Å²) >= 11 is 0. The Morgan fingerprint density at radius 1 is 0.868 bits per heavy atom. The second-order valence-electron chi connectivity index (χ2n) is 30.4. The maximum Gasteiger partial charge on any atom is 0.313 e. The van der Waals surface area contributed by atoms with E-state index in [1.165, 1.54) is 27.2 Å². The number of carbonyl (C=O) groups is 3. The number of cyclic esters (lactones) is 1. The van der Waals surface area contributed by atoms with E-state index in [9.17, 15) is 45.6 Å². The first-order chi connectivity index (χ1) is 43.6. The number of benzene rings is 1. The minimum atomic E-state index is -2.11. The minimum Gasteiger partial charge on any atom is -0.508 e. The second kappa shape index (κ2) is 25.6. The number of aliphatic imine (C=N–C) groups is 1. The van der Waals surface area contributed by atoms with Crippen LogP contribution in [0.2, 0.25) is 0 Å². The molecule has 24 atom stereocenters. The van der Waals surface area contributed by atoms with Crippen LogP contribution in [0.4, 0.5) is 0 Å². The minimum absolute atomic E-state index is 0.0102. The number of nitrogens with one attached hydrogen (secondary N) is 2. The van der Waals surface area contributed by atoms with Crippen LogP contribution in [0.1, 0.15) is 152 Å². The summed E-state index contributed by atoms with van der Waals surface area (Å²) in [5.74, 6) is -0.949. The maximum absolute atomic E-state index is 17.0. The molecule has 13 rings (SSSR count). The molecule has 2 aliphatic heterocycles. The molecule has 20 heteroatoms. The van der Waals surface area contributed by atoms with Gasteiger partial charge in [0.15, 0.2) is 23.8 Å². The fourth-order valence-electron chi connectivity index (χ4n) is 22.3. The van der Waals surface area contributed by atoms with E-state index in [1.54, 1.807) is 37.4 Å². The molecule has 496 valence electrons. The molecule has 2 aromatic rings. The number of aliphatic hydroxyl groups excluding tert-OH is 5. The van der Waals surface area contributed by atoms with Gasteiger partial charge in [0.05, 0.1) is 54.3 Å². The van der Waals surface area contributed by atoms with Crippen molar-refractivity contribution >= 4 is 45.1 Å². The smallest absolute Gasteiger partial charge is 0.313 e. The number of aromatic hydroxyl groups is 1. The molecule has 9 aliphatic carbocycles. The molecular weight excluding hydrogens is 1190 g/mol. The van der Waals surface area contributed by atoms with E-state index in [2.05, 4.69) is 35.1 Å². The van der Waals surface area contributed by atoms with Crippen molar-refractivity contribution in [3.63, 3.8) is 0 Å². The molecule has 0 unspecified atom stereocenters. The highest BCUT2D eigenvalue weighted by atomic mass is 33.1. The molecule has 11 aliphatic rings. The predicted molar refractivity (Wildman–Crippen MR) is 346 cm³/mol. The van der Waals surface area contributed by atoms with Crippen molar-refractivity contribution in [3.05, 3.63) is 76.8 Å². The standard InChI is InChI=1S/C71H97N5O13S2/c1-36-11-12-38-16-20-47-49(48(38)23-36)24-39(51-33-89-66(86)57(51)42-21-22-74-30-42)7-6-8-41-28-71(88)60-58(40-13-17-45(31-75-67(72)73)70(71,27-40)64(41)68(2,87)56(81)26-50(47)65(84)85)69(44-9-4-3-5-10-44)29-55(80)62(82)52-35-91-90-34-43(37-14-18-46(78)19-15-37)25-54(79)53(32-77)76-61(60)63(83)59(52)69/h14-16,18-19,21-22,30,36,39-41,43-45,47-53,55-59,62,64-65,74,76-78,80-82,84-85,87-88H,3-5,8-13,17,20,23-29,31-35H2,1-2H3,(H4,72,73,75)/t36-,39-,40+,41-,43+,45-,47-,48-,49-,50-,51+,52+,53+,55+,56-,57+,58+,59+,62-,64-,68+,69+,70+,71-/m1/s1. The van der Waals surface area contributed by atoms with Crippen LogP contribution < -0.4 is 16.8 Å². The molecule has 6 saturated carbocycles. The van der Waals surface area contributed by atoms with E-state index in [0.717, 1.165) is 62.5 Å². The summed E-state index contributed by atoms with van der Waals surface area (Å²) in [6.45, 7) is 3.31. The number of ketones is 2. The summed E-state index contributed by atoms with van der Waals surface area (Å²) in [5.41, 5.74) is 9.19. The van der Waals surface area contributed by atoms with Gasteiger partial charge in [-0.05, 0) is 184 Å². The van der Waals surface area contributed by atoms with Crippen molar-refractivity contribution in [1.29, 1.82) is 0 Å². The molecule has 3 heterocycles. The molecule has 91 heavy (non-hydrogen) atoms. The first kappa shape index (κ1) is 65.3. The number of ether oxygens (including phenoxy) is 1. The number of H-pyrrole nitrogens is 1. The number of esters is 1. The third-order valence-corrected chi connectivity index (χ3v) is 28.6. The van der Waals surface area contributed by atoms with Gasteiger partial charge in [-0.25, -0.2) is 0 Å². The fraction of sp³-hybridized carbons (Fsp3) is 0.718. The summed E-state index contributed by atoms with van der Waals surface area (Å²) < 4.78 is 5.98. The van der Waals surface area contributed by atoms with Crippen molar-refractivity contribution in [2.45, 2.75) is 183 Å². The average Bonchev–Trinajstić information content (AvgIpc) is 1.63. The number of nitrogens with zero attached hydrogens (tertiary/aromatic N) is 1. The molecule has 0 radical (unpaired) electrons. The zero-order valence-electron chi connectivity index (χ0n) is 52.7. The van der Waals surface area contributed by atoms with E-state index < -0.39 is 124 Å². The van der Waals surface area contributed by atoms with E-state index >= 15 is 14.7 Å². The second-order valence-corrected chi connectivity index (χ2v) is 33.0. The van der Waals surface area contributed by atoms with Crippen LogP contribution in [0, 0.1) is 111 Å². The highest BCUT2D eigenvalue weighted by Crippen LogP contribution is 2.79. The lowest BCUT2D eigenvalue weighted by Crippen LogP contribution is -2.73. The Hall–Kier alpha value is -4.40. The van der Waals surface area contributed by atoms with Gasteiger partial charge in [-0.3, -0.25) is 19.4 Å². The number of carbonyl (C=O) groups excluding carboxylic acids is 3. The zero-order chi connectivity index (χ0) is 64.1. The number of nitrogens with two attached hydrogens (primary N) is 2. The van der Waals surface area contributed by atoms with Gasteiger partial charge < -0.3 is 72.5 Å². The summed E-state index contributed by atoms with van der Waals surface area (Å²) in [5, 5.41) is 118. The van der Waals surface area contributed by atoms with Crippen LogP contribution in [0.5, 0.6) is 5.75 Å². The molecule has 8 fully saturated rings. The predicted octanol–water partition coefficient (Wildman–Crippen LogP) is 6.34. The van der Waals surface area contributed by atoms with Gasteiger partial charge in [-0.1, -0.05) is 77.5 Å². The van der Waals surface area contributed by atoms with Crippen molar-refractivity contribution < 1.29 is 65.1 Å². The average molecular weight is 1290 g/mol. The van der Waals surface area contributed by atoms with Crippen molar-refractivity contribution in [3.8, 4) is 17.6 Å². The highest BCUT2D eigenvalue weighted by molar-refractivity contribution is 8.76. The number of phenolic OH excluding ortho intramolecular Hbond substituents is 1. The first-order valence-corrected chi connectivity index (χ1v) is 36.7. The summed E-state index contributed by atoms with van der Waals surface area (Å²) in [6, 6.07) is 7.26. The highest BCUT2D eigenvalue weighted by Gasteiger charge is 2.80. The van der Waals surface area contributed by atoms with Gasteiger partial charge in [0.2, 0.25) is 0 Å². The fourth-order valence-corrected chi connectivity index (χ4v) is 25.1. The molecular formula is C71H97N5O13S2. The molecule has 18 nitrogen and oxygen atoms in total. The number of hydrogen-bond donors (Lipinski definition) is 13. The number of allylic oxidation sites excluding steroid dienone is 3. The van der Waals surface area contributed by atoms with Crippen molar-refractivity contribution in [1.82, 2.24) is 10.3 Å². The SMILES string of the molecule is C[C@@H]1CCC2=CC[C@@H]3[C@@H](C[C@H]([C@@H]4COC(=O)[C@H]4c4cc[nH]c4)C#CC[C@@H]4C[C@@]5(O)C6=C7N[C@@H](CO)C(=O)C[C@H](c8ccc(O)cc8)CSSC[C@@H]8[C@@H](O)[C@@H](O)C[C@](C9CCCCC9)([C@H]6[C@H]6CC[C@H](CN=C(N)N)[C@@]5(C6)[C@H]4[C@@](C)(O)[C@H](O)C[C@H]3C(O)O)[C@@H]8C7=O)[C@@H]2C1. The summed E-state index contributed by atoms with van der Waals surface area (Å²) in [6.07, 6.45) is 9.12.